The summed E-state index contributed by atoms with van der Waals surface area (Å²) in [6, 6.07) is 4.61. The zero-order chi connectivity index (χ0) is 15.2. The van der Waals surface area contributed by atoms with Crippen LogP contribution in [0.2, 0.25) is 0 Å². The number of aliphatic hydroxyl groups excluding tert-OH is 1. The molecule has 7 heteroatoms. The standard InChI is InChI=1S/C13H21NO4S2/c1-10(9-19-3)14-20(16,17)13-5-4-12(18-2)8-11(13)6-7-15/h4-5,8,10,14-15H,6-7,9H2,1-3H3. The molecule has 20 heavy (non-hydrogen) atoms. The van der Waals surface area contributed by atoms with Crippen LogP contribution in [-0.2, 0) is 16.4 Å². The van der Waals surface area contributed by atoms with E-state index >= 15 is 0 Å². The summed E-state index contributed by atoms with van der Waals surface area (Å²) in [5.41, 5.74) is 0.552. The molecule has 0 amide bonds. The predicted molar refractivity (Wildman–Crippen MR) is 81.9 cm³/mol. The molecule has 1 unspecified atom stereocenters. The Kier molecular flexibility index (Phi) is 6.81. The fraction of sp³-hybridized carbons (Fsp3) is 0.538. The fourth-order valence-electron chi connectivity index (χ4n) is 1.87. The minimum Gasteiger partial charge on any atom is -0.497 e. The molecule has 1 atom stereocenters. The summed E-state index contributed by atoms with van der Waals surface area (Å²) in [6.45, 7) is 1.71. The van der Waals surface area contributed by atoms with Crippen molar-refractivity contribution in [3.8, 4) is 5.75 Å². The lowest BCUT2D eigenvalue weighted by atomic mass is 10.1. The number of thioether (sulfide) groups is 1. The van der Waals surface area contributed by atoms with Gasteiger partial charge in [-0.3, -0.25) is 0 Å². The highest BCUT2D eigenvalue weighted by Crippen LogP contribution is 2.22. The molecule has 0 saturated carbocycles. The number of ether oxygens (including phenoxy) is 1. The van der Waals surface area contributed by atoms with Crippen molar-refractivity contribution in [1.29, 1.82) is 0 Å². The molecular weight excluding hydrogens is 298 g/mol. The second-order valence-electron chi connectivity index (χ2n) is 4.42. The van der Waals surface area contributed by atoms with Crippen LogP contribution in [0.15, 0.2) is 23.1 Å². The van der Waals surface area contributed by atoms with Gasteiger partial charge in [0, 0.05) is 18.4 Å². The first-order chi connectivity index (χ1) is 9.44. The van der Waals surface area contributed by atoms with E-state index in [4.69, 9.17) is 9.84 Å². The van der Waals surface area contributed by atoms with Crippen LogP contribution in [0.1, 0.15) is 12.5 Å². The van der Waals surface area contributed by atoms with E-state index in [1.54, 1.807) is 23.9 Å². The topological polar surface area (TPSA) is 75.6 Å². The summed E-state index contributed by atoms with van der Waals surface area (Å²) in [4.78, 5) is 0.195. The van der Waals surface area contributed by atoms with E-state index in [0.717, 1.165) is 0 Å². The molecule has 0 heterocycles. The number of sulfonamides is 1. The lowest BCUT2D eigenvalue weighted by molar-refractivity contribution is 0.298. The Hall–Kier alpha value is -0.760. The number of methoxy groups -OCH3 is 1. The molecule has 1 aromatic carbocycles. The van der Waals surface area contributed by atoms with E-state index < -0.39 is 10.0 Å². The summed E-state index contributed by atoms with van der Waals surface area (Å²) in [5, 5.41) is 9.08. The van der Waals surface area contributed by atoms with Crippen LogP contribution in [0.3, 0.4) is 0 Å². The summed E-state index contributed by atoms with van der Waals surface area (Å²) in [6.07, 6.45) is 2.19. The van der Waals surface area contributed by atoms with Crippen LogP contribution in [0.5, 0.6) is 5.75 Å². The Morgan fingerprint density at radius 1 is 1.45 bits per heavy atom. The summed E-state index contributed by atoms with van der Waals surface area (Å²) < 4.78 is 32.5. The van der Waals surface area contributed by atoms with Crippen LogP contribution in [0, 0.1) is 0 Å². The number of nitrogens with one attached hydrogen (secondary N) is 1. The second kappa shape index (κ2) is 7.87. The van der Waals surface area contributed by atoms with Gasteiger partial charge in [-0.05, 0) is 43.4 Å². The lowest BCUT2D eigenvalue weighted by Gasteiger charge is -2.16. The van der Waals surface area contributed by atoms with Gasteiger partial charge in [0.2, 0.25) is 10.0 Å². The Labute approximate surface area is 124 Å². The van der Waals surface area contributed by atoms with Crippen molar-refractivity contribution in [3.63, 3.8) is 0 Å². The first-order valence-corrected chi connectivity index (χ1v) is 9.11. The maximum absolute atomic E-state index is 12.4. The quantitative estimate of drug-likeness (QED) is 0.754. The minimum absolute atomic E-state index is 0.115. The molecular formula is C13H21NO4S2. The smallest absolute Gasteiger partial charge is 0.241 e. The SMILES string of the molecule is COc1ccc(S(=O)(=O)NC(C)CSC)c(CCO)c1. The average Bonchev–Trinajstić information content (AvgIpc) is 2.38. The van der Waals surface area contributed by atoms with Gasteiger partial charge in [-0.2, -0.15) is 11.8 Å². The second-order valence-corrected chi connectivity index (χ2v) is 7.02. The highest BCUT2D eigenvalue weighted by Gasteiger charge is 2.21. The molecule has 0 saturated heterocycles. The van der Waals surface area contributed by atoms with Crippen LogP contribution in [0.4, 0.5) is 0 Å². The van der Waals surface area contributed by atoms with E-state index in [1.165, 1.54) is 13.2 Å². The maximum atomic E-state index is 12.4. The van der Waals surface area contributed by atoms with Gasteiger partial charge in [-0.15, -0.1) is 0 Å². The monoisotopic (exact) mass is 319 g/mol. The molecule has 5 nitrogen and oxygen atoms in total. The molecule has 0 bridgehead atoms. The van der Waals surface area contributed by atoms with Crippen molar-refractivity contribution < 1.29 is 18.3 Å². The van der Waals surface area contributed by atoms with Crippen molar-refractivity contribution in [2.24, 2.45) is 0 Å². The number of rotatable bonds is 8. The van der Waals surface area contributed by atoms with Crippen LogP contribution < -0.4 is 9.46 Å². The largest absolute Gasteiger partial charge is 0.497 e. The lowest BCUT2D eigenvalue weighted by Crippen LogP contribution is -2.34. The Morgan fingerprint density at radius 2 is 2.15 bits per heavy atom. The Morgan fingerprint density at radius 3 is 2.70 bits per heavy atom. The predicted octanol–water partition coefficient (Wildman–Crippen LogP) is 1.26. The van der Waals surface area contributed by atoms with Gasteiger partial charge in [-0.25, -0.2) is 13.1 Å². The van der Waals surface area contributed by atoms with Gasteiger partial charge >= 0.3 is 0 Å². The van der Waals surface area contributed by atoms with Crippen molar-refractivity contribution in [3.05, 3.63) is 23.8 Å². The Balaban J connectivity index is 3.10. The number of hydrogen-bond acceptors (Lipinski definition) is 5. The van der Waals surface area contributed by atoms with Crippen molar-refractivity contribution >= 4 is 21.8 Å². The fourth-order valence-corrected chi connectivity index (χ4v) is 4.06. The minimum atomic E-state index is -3.59. The molecule has 2 N–H and O–H groups in total. The van der Waals surface area contributed by atoms with Crippen LogP contribution in [-0.4, -0.2) is 45.3 Å². The molecule has 0 spiro atoms. The molecule has 0 radical (unpaired) electrons. The van der Waals surface area contributed by atoms with Gasteiger partial charge in [0.1, 0.15) is 5.75 Å². The van der Waals surface area contributed by atoms with Crippen LogP contribution in [0.25, 0.3) is 0 Å². The zero-order valence-corrected chi connectivity index (χ0v) is 13.6. The molecule has 0 aliphatic heterocycles. The molecule has 0 fully saturated rings. The first kappa shape index (κ1) is 17.3. The molecule has 0 aliphatic rings. The third-order valence-electron chi connectivity index (χ3n) is 2.71. The molecule has 1 rings (SSSR count). The number of hydrogen-bond donors (Lipinski definition) is 2. The summed E-state index contributed by atoms with van der Waals surface area (Å²) in [5.74, 6) is 1.27. The van der Waals surface area contributed by atoms with Gasteiger partial charge in [0.05, 0.1) is 12.0 Å². The number of aliphatic hydroxyl groups is 1. The number of benzene rings is 1. The van der Waals surface area contributed by atoms with Gasteiger partial charge in [-0.1, -0.05) is 0 Å². The third kappa shape index (κ3) is 4.66. The maximum Gasteiger partial charge on any atom is 0.241 e. The van der Waals surface area contributed by atoms with E-state index in [9.17, 15) is 8.42 Å². The summed E-state index contributed by atoms with van der Waals surface area (Å²) in [7, 11) is -2.07. The third-order valence-corrected chi connectivity index (χ3v) is 5.23. The van der Waals surface area contributed by atoms with Crippen molar-refractivity contribution in [1.82, 2.24) is 4.72 Å². The zero-order valence-electron chi connectivity index (χ0n) is 11.9. The average molecular weight is 319 g/mol. The van der Waals surface area contributed by atoms with Crippen molar-refractivity contribution in [2.45, 2.75) is 24.3 Å². The Bertz CT molecular complexity index is 531. The highest BCUT2D eigenvalue weighted by atomic mass is 32.2. The normalized spacial score (nSPS) is 13.2. The molecule has 114 valence electrons. The highest BCUT2D eigenvalue weighted by molar-refractivity contribution is 7.98. The molecule has 1 aromatic rings. The molecule has 0 aromatic heterocycles. The molecule has 0 aliphatic carbocycles. The van der Waals surface area contributed by atoms with Crippen molar-refractivity contribution in [2.75, 3.05) is 25.7 Å². The first-order valence-electron chi connectivity index (χ1n) is 6.23. The van der Waals surface area contributed by atoms with E-state index in [1.807, 2.05) is 13.2 Å². The van der Waals surface area contributed by atoms with Gasteiger partial charge < -0.3 is 9.84 Å². The van der Waals surface area contributed by atoms with E-state index in [2.05, 4.69) is 4.72 Å². The van der Waals surface area contributed by atoms with Gasteiger partial charge in [0.15, 0.2) is 0 Å². The van der Waals surface area contributed by atoms with E-state index in [-0.39, 0.29) is 24.0 Å². The van der Waals surface area contributed by atoms with Gasteiger partial charge in [0.25, 0.3) is 0 Å². The summed E-state index contributed by atoms with van der Waals surface area (Å²) >= 11 is 1.58. The van der Waals surface area contributed by atoms with Crippen LogP contribution >= 0.6 is 11.8 Å². The van der Waals surface area contributed by atoms with E-state index in [0.29, 0.717) is 17.1 Å².